The van der Waals surface area contributed by atoms with Gasteiger partial charge in [-0.1, -0.05) is 29.8 Å². The SMILES string of the molecule is CCOc1ccc(C)cc1C(O)c1cccc(C)c1I. The van der Waals surface area contributed by atoms with Gasteiger partial charge >= 0.3 is 0 Å². The molecule has 2 aromatic carbocycles. The fourth-order valence-corrected chi connectivity index (χ4v) is 2.87. The van der Waals surface area contributed by atoms with Crippen LogP contribution in [0.1, 0.15) is 35.3 Å². The summed E-state index contributed by atoms with van der Waals surface area (Å²) in [5, 5.41) is 10.7. The van der Waals surface area contributed by atoms with Gasteiger partial charge in [-0.2, -0.15) is 0 Å². The Bertz CT molecular complexity index is 608. The maximum absolute atomic E-state index is 10.7. The Hall–Kier alpha value is -1.07. The summed E-state index contributed by atoms with van der Waals surface area (Å²) < 4.78 is 6.74. The summed E-state index contributed by atoms with van der Waals surface area (Å²) in [6.07, 6.45) is -0.664. The third-order valence-electron chi connectivity index (χ3n) is 3.28. The molecule has 0 bridgehead atoms. The average Bonchev–Trinajstić information content (AvgIpc) is 2.43. The molecule has 1 unspecified atom stereocenters. The summed E-state index contributed by atoms with van der Waals surface area (Å²) in [5.74, 6) is 0.753. The predicted molar refractivity (Wildman–Crippen MR) is 90.3 cm³/mol. The predicted octanol–water partition coefficient (Wildman–Crippen LogP) is 4.39. The van der Waals surface area contributed by atoms with Crippen LogP contribution in [0.2, 0.25) is 0 Å². The van der Waals surface area contributed by atoms with Gasteiger partial charge in [-0.15, -0.1) is 0 Å². The van der Waals surface area contributed by atoms with Gasteiger partial charge in [-0.25, -0.2) is 0 Å². The first-order valence-electron chi connectivity index (χ1n) is 6.71. The van der Waals surface area contributed by atoms with Crippen molar-refractivity contribution in [2.75, 3.05) is 6.61 Å². The Morgan fingerprint density at radius 2 is 1.90 bits per heavy atom. The van der Waals surface area contributed by atoms with Crippen LogP contribution in [0.25, 0.3) is 0 Å². The number of benzene rings is 2. The normalized spacial score (nSPS) is 12.2. The molecule has 2 nitrogen and oxygen atoms in total. The summed E-state index contributed by atoms with van der Waals surface area (Å²) in [5.41, 5.74) is 4.05. The largest absolute Gasteiger partial charge is 0.493 e. The Balaban J connectivity index is 2.49. The van der Waals surface area contributed by atoms with Crippen LogP contribution in [0, 0.1) is 17.4 Å². The van der Waals surface area contributed by atoms with Crippen molar-refractivity contribution in [2.24, 2.45) is 0 Å². The fourth-order valence-electron chi connectivity index (χ4n) is 2.22. The number of aliphatic hydroxyl groups excluding tert-OH is 1. The monoisotopic (exact) mass is 382 g/mol. The Morgan fingerprint density at radius 1 is 1.15 bits per heavy atom. The molecular formula is C17H19IO2. The zero-order valence-corrected chi connectivity index (χ0v) is 14.1. The van der Waals surface area contributed by atoms with E-state index >= 15 is 0 Å². The van der Waals surface area contributed by atoms with E-state index in [9.17, 15) is 5.11 Å². The van der Waals surface area contributed by atoms with Crippen molar-refractivity contribution in [3.8, 4) is 5.75 Å². The molecule has 0 aliphatic heterocycles. The van der Waals surface area contributed by atoms with Crippen molar-refractivity contribution in [1.82, 2.24) is 0 Å². The molecule has 2 aromatic rings. The van der Waals surface area contributed by atoms with Crippen molar-refractivity contribution in [3.63, 3.8) is 0 Å². The zero-order chi connectivity index (χ0) is 14.7. The molecule has 0 radical (unpaired) electrons. The van der Waals surface area contributed by atoms with Gasteiger partial charge in [-0.05, 0) is 66.6 Å². The lowest BCUT2D eigenvalue weighted by Crippen LogP contribution is -2.06. The van der Waals surface area contributed by atoms with Gasteiger partial charge in [0.15, 0.2) is 0 Å². The van der Waals surface area contributed by atoms with Crippen LogP contribution in [-0.2, 0) is 0 Å². The first-order chi connectivity index (χ1) is 9.54. The highest BCUT2D eigenvalue weighted by Gasteiger charge is 2.18. The molecule has 0 saturated carbocycles. The number of hydrogen-bond donors (Lipinski definition) is 1. The van der Waals surface area contributed by atoms with E-state index in [4.69, 9.17) is 4.74 Å². The molecule has 1 N–H and O–H groups in total. The van der Waals surface area contributed by atoms with E-state index in [0.717, 1.165) is 26.0 Å². The molecule has 0 aliphatic carbocycles. The topological polar surface area (TPSA) is 29.5 Å². The van der Waals surface area contributed by atoms with Crippen molar-refractivity contribution in [3.05, 3.63) is 62.2 Å². The quantitative estimate of drug-likeness (QED) is 0.795. The second-order valence-electron chi connectivity index (χ2n) is 4.85. The van der Waals surface area contributed by atoms with Crippen molar-refractivity contribution >= 4 is 22.6 Å². The van der Waals surface area contributed by atoms with Gasteiger partial charge in [0.05, 0.1) is 6.61 Å². The maximum Gasteiger partial charge on any atom is 0.125 e. The lowest BCUT2D eigenvalue weighted by molar-refractivity contribution is 0.211. The first-order valence-corrected chi connectivity index (χ1v) is 7.79. The lowest BCUT2D eigenvalue weighted by Gasteiger charge is -2.18. The van der Waals surface area contributed by atoms with Gasteiger partial charge in [0.1, 0.15) is 11.9 Å². The van der Waals surface area contributed by atoms with Gasteiger partial charge < -0.3 is 9.84 Å². The minimum Gasteiger partial charge on any atom is -0.493 e. The fraction of sp³-hybridized carbons (Fsp3) is 0.294. The smallest absolute Gasteiger partial charge is 0.125 e. The van der Waals surface area contributed by atoms with E-state index in [1.807, 2.05) is 44.2 Å². The molecule has 0 aromatic heterocycles. The zero-order valence-electron chi connectivity index (χ0n) is 12.0. The highest BCUT2D eigenvalue weighted by Crippen LogP contribution is 2.33. The van der Waals surface area contributed by atoms with E-state index in [1.165, 1.54) is 5.56 Å². The minimum absolute atomic E-state index is 0.591. The Morgan fingerprint density at radius 3 is 2.60 bits per heavy atom. The number of rotatable bonds is 4. The maximum atomic E-state index is 10.7. The molecular weight excluding hydrogens is 363 g/mol. The summed E-state index contributed by atoms with van der Waals surface area (Å²) in [7, 11) is 0. The summed E-state index contributed by atoms with van der Waals surface area (Å²) in [6.45, 7) is 6.62. The van der Waals surface area contributed by atoms with Gasteiger partial charge in [-0.3, -0.25) is 0 Å². The van der Waals surface area contributed by atoms with Crippen LogP contribution in [0.4, 0.5) is 0 Å². The van der Waals surface area contributed by atoms with Crippen LogP contribution in [-0.4, -0.2) is 11.7 Å². The molecule has 1 atom stereocenters. The van der Waals surface area contributed by atoms with Crippen molar-refractivity contribution in [2.45, 2.75) is 26.9 Å². The minimum atomic E-state index is -0.664. The molecule has 0 spiro atoms. The molecule has 20 heavy (non-hydrogen) atoms. The van der Waals surface area contributed by atoms with E-state index in [0.29, 0.717) is 6.61 Å². The molecule has 0 saturated heterocycles. The van der Waals surface area contributed by atoms with Crippen LogP contribution < -0.4 is 4.74 Å². The van der Waals surface area contributed by atoms with Crippen molar-refractivity contribution in [1.29, 1.82) is 0 Å². The number of halogens is 1. The summed E-state index contributed by atoms with van der Waals surface area (Å²) in [4.78, 5) is 0. The molecule has 2 rings (SSSR count). The van der Waals surface area contributed by atoms with Crippen molar-refractivity contribution < 1.29 is 9.84 Å². The van der Waals surface area contributed by atoms with Crippen LogP contribution in [0.5, 0.6) is 5.75 Å². The number of aryl methyl sites for hydroxylation is 2. The van der Waals surface area contributed by atoms with Gasteiger partial charge in [0.25, 0.3) is 0 Å². The molecule has 3 heteroatoms. The Kier molecular flexibility index (Phi) is 5.05. The average molecular weight is 382 g/mol. The third kappa shape index (κ3) is 3.15. The third-order valence-corrected chi connectivity index (χ3v) is 4.75. The highest BCUT2D eigenvalue weighted by molar-refractivity contribution is 14.1. The highest BCUT2D eigenvalue weighted by atomic mass is 127. The van der Waals surface area contributed by atoms with Crippen LogP contribution in [0.3, 0.4) is 0 Å². The van der Waals surface area contributed by atoms with E-state index in [-0.39, 0.29) is 0 Å². The summed E-state index contributed by atoms with van der Waals surface area (Å²) in [6, 6.07) is 11.9. The molecule has 0 amide bonds. The first kappa shape index (κ1) is 15.3. The second-order valence-corrected chi connectivity index (χ2v) is 5.93. The number of aliphatic hydroxyl groups is 1. The lowest BCUT2D eigenvalue weighted by atomic mass is 9.98. The molecule has 0 aliphatic rings. The second kappa shape index (κ2) is 6.59. The van der Waals surface area contributed by atoms with Crippen LogP contribution in [0.15, 0.2) is 36.4 Å². The van der Waals surface area contributed by atoms with E-state index in [2.05, 4.69) is 35.6 Å². The molecule has 0 fully saturated rings. The Labute approximate surface area is 133 Å². The summed E-state index contributed by atoms with van der Waals surface area (Å²) >= 11 is 2.29. The molecule has 106 valence electrons. The molecule has 0 heterocycles. The van der Waals surface area contributed by atoms with E-state index in [1.54, 1.807) is 0 Å². The number of ether oxygens (including phenoxy) is 1. The van der Waals surface area contributed by atoms with E-state index < -0.39 is 6.10 Å². The number of hydrogen-bond acceptors (Lipinski definition) is 2. The van der Waals surface area contributed by atoms with Gasteiger partial charge in [0, 0.05) is 9.13 Å². The standard InChI is InChI=1S/C17H19IO2/c1-4-20-15-9-8-11(2)10-14(15)17(19)13-7-5-6-12(3)16(13)18/h5-10,17,19H,4H2,1-3H3. The van der Waals surface area contributed by atoms with Crippen LogP contribution >= 0.6 is 22.6 Å². The van der Waals surface area contributed by atoms with Gasteiger partial charge in [0.2, 0.25) is 0 Å².